The van der Waals surface area contributed by atoms with Gasteiger partial charge in [0.25, 0.3) is 5.91 Å². The van der Waals surface area contributed by atoms with E-state index in [1.807, 2.05) is 24.3 Å². The van der Waals surface area contributed by atoms with Crippen LogP contribution in [0.4, 0.5) is 5.13 Å². The number of hydrogen-bond acceptors (Lipinski definition) is 5. The molecule has 7 heteroatoms. The number of anilines is 1. The molecule has 22 heavy (non-hydrogen) atoms. The third-order valence-electron chi connectivity index (χ3n) is 3.40. The number of aliphatic hydroxyl groups excluding tert-OH is 1. The van der Waals surface area contributed by atoms with Gasteiger partial charge < -0.3 is 5.11 Å². The van der Waals surface area contributed by atoms with Gasteiger partial charge in [-0.15, -0.1) is 11.3 Å². The first-order valence-electron chi connectivity index (χ1n) is 6.43. The van der Waals surface area contributed by atoms with Crippen molar-refractivity contribution in [2.45, 2.75) is 13.0 Å². The zero-order valence-corrected chi connectivity index (χ0v) is 13.9. The molecule has 0 unspecified atom stereocenters. The Morgan fingerprint density at radius 2 is 2.05 bits per heavy atom. The summed E-state index contributed by atoms with van der Waals surface area (Å²) in [6.07, 6.45) is 1.58. The number of carbonyl (C=O) groups excluding carboxylic acids is 2. The minimum atomic E-state index is -0.663. The Hall–Kier alpha value is -1.99. The van der Waals surface area contributed by atoms with Gasteiger partial charge in [-0.25, -0.2) is 4.98 Å². The Balaban J connectivity index is 2.16. The van der Waals surface area contributed by atoms with Gasteiger partial charge in [-0.05, 0) is 24.6 Å². The van der Waals surface area contributed by atoms with Crippen LogP contribution in [0.25, 0.3) is 0 Å². The number of hydrogen-bond donors (Lipinski definition) is 1. The first-order chi connectivity index (χ1) is 10.5. The second kappa shape index (κ2) is 5.66. The van der Waals surface area contributed by atoms with Crippen LogP contribution in [0.2, 0.25) is 0 Å². The molecule has 1 atom stereocenters. The summed E-state index contributed by atoms with van der Waals surface area (Å²) < 4.78 is 0.888. The fourth-order valence-corrected chi connectivity index (χ4v) is 3.39. The highest BCUT2D eigenvalue weighted by Gasteiger charge is 2.44. The lowest BCUT2D eigenvalue weighted by Crippen LogP contribution is -2.30. The lowest BCUT2D eigenvalue weighted by Gasteiger charge is -2.24. The van der Waals surface area contributed by atoms with Crippen LogP contribution in [0.3, 0.4) is 0 Å². The van der Waals surface area contributed by atoms with Gasteiger partial charge in [0, 0.05) is 16.0 Å². The second-order valence-corrected chi connectivity index (χ2v) is 6.55. The number of amides is 1. The Morgan fingerprint density at radius 1 is 1.36 bits per heavy atom. The predicted octanol–water partition coefficient (Wildman–Crippen LogP) is 3.39. The van der Waals surface area contributed by atoms with Gasteiger partial charge in [-0.1, -0.05) is 28.1 Å². The number of thiazole rings is 1. The molecule has 1 N–H and O–H groups in total. The third-order valence-corrected chi connectivity index (χ3v) is 4.70. The molecule has 1 amide bonds. The fourth-order valence-electron chi connectivity index (χ4n) is 2.46. The molecule has 112 valence electrons. The number of rotatable bonds is 3. The summed E-state index contributed by atoms with van der Waals surface area (Å²) in [6, 6.07) is 6.61. The largest absolute Gasteiger partial charge is 0.503 e. The van der Waals surface area contributed by atoms with E-state index in [1.165, 1.54) is 23.2 Å². The maximum Gasteiger partial charge on any atom is 0.296 e. The van der Waals surface area contributed by atoms with Crippen molar-refractivity contribution in [1.29, 1.82) is 0 Å². The summed E-state index contributed by atoms with van der Waals surface area (Å²) in [5, 5.41) is 12.3. The molecular formula is C15H11BrN2O3S. The summed E-state index contributed by atoms with van der Waals surface area (Å²) in [5.41, 5.74) is 0.837. The maximum atomic E-state index is 12.4. The summed E-state index contributed by atoms with van der Waals surface area (Å²) in [4.78, 5) is 29.8. The second-order valence-electron chi connectivity index (χ2n) is 4.76. The normalized spacial score (nSPS) is 18.2. The molecule has 2 heterocycles. The van der Waals surface area contributed by atoms with Gasteiger partial charge in [0.05, 0.1) is 11.6 Å². The molecule has 1 aliphatic rings. The van der Waals surface area contributed by atoms with Gasteiger partial charge in [0.15, 0.2) is 16.7 Å². The van der Waals surface area contributed by atoms with Crippen LogP contribution in [-0.4, -0.2) is 21.8 Å². The van der Waals surface area contributed by atoms with Crippen LogP contribution >= 0.6 is 27.3 Å². The van der Waals surface area contributed by atoms with E-state index in [2.05, 4.69) is 20.9 Å². The smallest absolute Gasteiger partial charge is 0.296 e. The van der Waals surface area contributed by atoms with Gasteiger partial charge in [-0.2, -0.15) is 0 Å². The molecule has 3 rings (SSSR count). The van der Waals surface area contributed by atoms with E-state index >= 15 is 0 Å². The number of nitrogens with zero attached hydrogens (tertiary/aromatic N) is 2. The number of benzene rings is 1. The minimum absolute atomic E-state index is 0.0996. The van der Waals surface area contributed by atoms with E-state index in [0.717, 1.165) is 10.0 Å². The third kappa shape index (κ3) is 2.36. The number of aromatic nitrogens is 1. The standard InChI is InChI=1S/C15H11BrN2O3S/c1-8(19)11-12(9-2-4-10(16)5-3-9)18(14(21)13(11)20)15-17-6-7-22-15/h2-7,12,20H,1H3/t12-/m1/s1. The van der Waals surface area contributed by atoms with Crippen LogP contribution in [0, 0.1) is 0 Å². The summed E-state index contributed by atoms with van der Waals surface area (Å²) in [5.74, 6) is -1.44. The van der Waals surface area contributed by atoms with Gasteiger partial charge in [0.1, 0.15) is 0 Å². The molecule has 0 aliphatic carbocycles. The van der Waals surface area contributed by atoms with Crippen molar-refractivity contribution in [3.8, 4) is 0 Å². The fraction of sp³-hybridized carbons (Fsp3) is 0.133. The summed E-state index contributed by atoms with van der Waals surface area (Å²) in [6.45, 7) is 1.34. The average Bonchev–Trinajstić information content (AvgIpc) is 3.08. The maximum absolute atomic E-state index is 12.4. The van der Waals surface area contributed by atoms with Crippen molar-refractivity contribution in [2.24, 2.45) is 0 Å². The van der Waals surface area contributed by atoms with Crippen LogP contribution in [-0.2, 0) is 9.59 Å². The highest BCUT2D eigenvalue weighted by atomic mass is 79.9. The quantitative estimate of drug-likeness (QED) is 0.888. The molecule has 0 saturated heterocycles. The molecule has 0 bridgehead atoms. The van der Waals surface area contributed by atoms with E-state index in [1.54, 1.807) is 11.6 Å². The van der Waals surface area contributed by atoms with Crippen LogP contribution < -0.4 is 4.90 Å². The lowest BCUT2D eigenvalue weighted by molar-refractivity contribution is -0.117. The van der Waals surface area contributed by atoms with E-state index in [9.17, 15) is 14.7 Å². The number of aliphatic hydroxyl groups is 1. The molecular weight excluding hydrogens is 368 g/mol. The van der Waals surface area contributed by atoms with Crippen molar-refractivity contribution in [3.05, 3.63) is 57.2 Å². The van der Waals surface area contributed by atoms with Crippen molar-refractivity contribution >= 4 is 44.1 Å². The topological polar surface area (TPSA) is 70.5 Å². The highest BCUT2D eigenvalue weighted by molar-refractivity contribution is 9.10. The number of ketones is 1. The van der Waals surface area contributed by atoms with Crippen molar-refractivity contribution < 1.29 is 14.7 Å². The summed E-state index contributed by atoms with van der Waals surface area (Å²) >= 11 is 4.63. The highest BCUT2D eigenvalue weighted by Crippen LogP contribution is 2.41. The predicted molar refractivity (Wildman–Crippen MR) is 86.8 cm³/mol. The zero-order chi connectivity index (χ0) is 15.9. The number of halogens is 1. The van der Waals surface area contributed by atoms with Crippen molar-refractivity contribution in [2.75, 3.05) is 4.90 Å². The van der Waals surface area contributed by atoms with Crippen LogP contribution in [0.5, 0.6) is 0 Å². The molecule has 2 aromatic rings. The zero-order valence-electron chi connectivity index (χ0n) is 11.5. The van der Waals surface area contributed by atoms with Crippen LogP contribution in [0.1, 0.15) is 18.5 Å². The molecule has 5 nitrogen and oxygen atoms in total. The Kier molecular flexibility index (Phi) is 3.84. The SMILES string of the molecule is CC(=O)C1=C(O)C(=O)N(c2nccs2)[C@@H]1c1ccc(Br)cc1. The Bertz CT molecular complexity index is 769. The first-order valence-corrected chi connectivity index (χ1v) is 8.10. The summed E-state index contributed by atoms with van der Waals surface area (Å²) in [7, 11) is 0. The molecule has 1 aromatic carbocycles. The van der Waals surface area contributed by atoms with Gasteiger partial charge in [-0.3, -0.25) is 14.5 Å². The molecule has 1 aromatic heterocycles. The van der Waals surface area contributed by atoms with E-state index in [-0.39, 0.29) is 11.4 Å². The van der Waals surface area contributed by atoms with Crippen molar-refractivity contribution in [1.82, 2.24) is 4.98 Å². The van der Waals surface area contributed by atoms with E-state index in [4.69, 9.17) is 0 Å². The Morgan fingerprint density at radius 3 is 2.59 bits per heavy atom. The van der Waals surface area contributed by atoms with Crippen LogP contribution in [0.15, 0.2) is 51.6 Å². The Labute approximate surface area is 139 Å². The molecule has 0 fully saturated rings. The number of Topliss-reactive ketones (excluding diaryl/α,β-unsaturated/α-hetero) is 1. The first kappa shape index (κ1) is 14.9. The average molecular weight is 379 g/mol. The lowest BCUT2D eigenvalue weighted by atomic mass is 9.97. The van der Waals surface area contributed by atoms with E-state index < -0.39 is 17.7 Å². The van der Waals surface area contributed by atoms with E-state index in [0.29, 0.717) is 5.13 Å². The molecule has 1 aliphatic heterocycles. The minimum Gasteiger partial charge on any atom is -0.503 e. The van der Waals surface area contributed by atoms with Gasteiger partial charge in [0.2, 0.25) is 0 Å². The number of carbonyl (C=O) groups is 2. The monoisotopic (exact) mass is 378 g/mol. The molecule has 0 radical (unpaired) electrons. The van der Waals surface area contributed by atoms with Crippen molar-refractivity contribution in [3.63, 3.8) is 0 Å². The molecule has 0 saturated carbocycles. The van der Waals surface area contributed by atoms with Gasteiger partial charge >= 0.3 is 0 Å². The molecule has 0 spiro atoms.